The van der Waals surface area contributed by atoms with Gasteiger partial charge in [0.2, 0.25) is 11.7 Å². The Morgan fingerprint density at radius 2 is 1.57 bits per heavy atom. The molecule has 0 spiro atoms. The van der Waals surface area contributed by atoms with Crippen LogP contribution < -0.4 is 9.47 Å². The van der Waals surface area contributed by atoms with Crippen LogP contribution in [0.1, 0.15) is 56.8 Å². The number of unbranched alkanes of at least 4 members (excludes halogenated alkanes) is 2. The number of carbonyl (C=O) groups is 1. The van der Waals surface area contributed by atoms with E-state index in [0.29, 0.717) is 68.6 Å². The minimum atomic E-state index is -0.709. The fourth-order valence-corrected chi connectivity index (χ4v) is 4.03. The molecule has 8 heteroatoms. The fourth-order valence-electron chi connectivity index (χ4n) is 4.03. The maximum atomic E-state index is 13.1. The number of aliphatic hydroxyl groups is 1. The molecule has 1 fully saturated rings. The van der Waals surface area contributed by atoms with Crippen LogP contribution in [0.15, 0.2) is 42.5 Å². The number of aromatic hydroxyl groups is 1. The number of β-amino-alcohol motifs (C(OH)–C–C–N with tert-alkyl or cyclic N) is 1. The maximum Gasteiger partial charge on any atom is 0.246 e. The van der Waals surface area contributed by atoms with Crippen molar-refractivity contribution in [3.8, 4) is 17.2 Å². The van der Waals surface area contributed by atoms with E-state index in [1.54, 1.807) is 35.2 Å². The predicted molar refractivity (Wildman–Crippen MR) is 142 cm³/mol. The number of phenols is 1. The molecule has 0 radical (unpaired) electrons. The number of aliphatic hydroxyl groups excluding tert-OH is 1. The molecule has 2 aromatic rings. The molecule has 1 aliphatic heterocycles. The highest BCUT2D eigenvalue weighted by molar-refractivity contribution is 5.92. The third kappa shape index (κ3) is 8.76. The van der Waals surface area contributed by atoms with Gasteiger partial charge >= 0.3 is 0 Å². The van der Waals surface area contributed by atoms with Crippen LogP contribution in [0.2, 0.25) is 0 Å². The first-order valence-corrected chi connectivity index (χ1v) is 13.2. The summed E-state index contributed by atoms with van der Waals surface area (Å²) in [6.45, 7) is 7.93. The largest absolute Gasteiger partial charge is 0.502 e. The maximum absolute atomic E-state index is 13.1. The van der Waals surface area contributed by atoms with Gasteiger partial charge in [-0.2, -0.15) is 0 Å². The van der Waals surface area contributed by atoms with Crippen molar-refractivity contribution in [2.24, 2.45) is 0 Å². The second-order valence-corrected chi connectivity index (χ2v) is 9.30. The minimum Gasteiger partial charge on any atom is -0.502 e. The Morgan fingerprint density at radius 3 is 2.11 bits per heavy atom. The standard InChI is InChI=1S/C29H39FN2O5/c1-3-5-17-36-26-19-22(20-27(29(26)35)37-18-6-4-2)7-12-28(34)32-15-13-31(14-16-32)21-25(33)23-8-10-24(30)11-9-23/h7-12,19-20,25,33,35H,3-6,13-18,21H2,1-2H3/b12-7+. The van der Waals surface area contributed by atoms with E-state index in [1.807, 2.05) is 0 Å². The number of rotatable bonds is 13. The molecule has 1 heterocycles. The molecule has 1 atom stereocenters. The SMILES string of the molecule is CCCCOc1cc(/C=C/C(=O)N2CCN(CC(O)c3ccc(F)cc3)CC2)cc(OCCCC)c1O. The van der Waals surface area contributed by atoms with Crippen LogP contribution >= 0.6 is 0 Å². The summed E-state index contributed by atoms with van der Waals surface area (Å²) in [6, 6.07) is 9.31. The van der Waals surface area contributed by atoms with Crippen LogP contribution in [-0.2, 0) is 4.79 Å². The smallest absolute Gasteiger partial charge is 0.246 e. The Morgan fingerprint density at radius 1 is 1.00 bits per heavy atom. The van der Waals surface area contributed by atoms with Gasteiger partial charge in [0.25, 0.3) is 0 Å². The summed E-state index contributed by atoms with van der Waals surface area (Å²) in [7, 11) is 0. The highest BCUT2D eigenvalue weighted by Gasteiger charge is 2.22. The molecule has 2 N–H and O–H groups in total. The van der Waals surface area contributed by atoms with E-state index in [-0.39, 0.29) is 17.5 Å². The number of piperazine rings is 1. The summed E-state index contributed by atoms with van der Waals surface area (Å²) in [6.07, 6.45) is 6.24. The number of benzene rings is 2. The number of nitrogens with zero attached hydrogens (tertiary/aromatic N) is 2. The lowest BCUT2D eigenvalue weighted by atomic mass is 10.1. The summed E-state index contributed by atoms with van der Waals surface area (Å²) in [5.74, 6) is 0.248. The van der Waals surface area contributed by atoms with Gasteiger partial charge in [0.15, 0.2) is 11.5 Å². The Hall–Kier alpha value is -3.10. The molecule has 0 aromatic heterocycles. The van der Waals surface area contributed by atoms with E-state index < -0.39 is 6.10 Å². The first kappa shape index (κ1) is 28.5. The topological polar surface area (TPSA) is 82.5 Å². The molecule has 37 heavy (non-hydrogen) atoms. The Bertz CT molecular complexity index is 988. The van der Waals surface area contributed by atoms with Crippen LogP contribution in [0.5, 0.6) is 17.2 Å². The number of ether oxygens (including phenoxy) is 2. The quantitative estimate of drug-likeness (QED) is 0.296. The first-order chi connectivity index (χ1) is 17.9. The highest BCUT2D eigenvalue weighted by atomic mass is 19.1. The van der Waals surface area contributed by atoms with E-state index in [1.165, 1.54) is 18.2 Å². The van der Waals surface area contributed by atoms with Crippen molar-refractivity contribution < 1.29 is 28.9 Å². The zero-order valence-corrected chi connectivity index (χ0v) is 21.9. The molecule has 2 aromatic carbocycles. The van der Waals surface area contributed by atoms with Gasteiger partial charge in [0.1, 0.15) is 5.82 Å². The van der Waals surface area contributed by atoms with Crippen LogP contribution in [0.25, 0.3) is 6.08 Å². The van der Waals surface area contributed by atoms with Crippen molar-refractivity contribution in [1.82, 2.24) is 9.80 Å². The number of halogens is 1. The molecule has 1 unspecified atom stereocenters. The third-order valence-electron chi connectivity index (χ3n) is 6.36. The van der Waals surface area contributed by atoms with Gasteiger partial charge in [0.05, 0.1) is 19.3 Å². The summed E-state index contributed by atoms with van der Waals surface area (Å²) in [4.78, 5) is 16.7. The zero-order valence-electron chi connectivity index (χ0n) is 21.9. The summed E-state index contributed by atoms with van der Waals surface area (Å²) < 4.78 is 24.7. The fraction of sp³-hybridized carbons (Fsp3) is 0.483. The van der Waals surface area contributed by atoms with E-state index in [4.69, 9.17) is 9.47 Å². The molecule has 1 amide bonds. The van der Waals surface area contributed by atoms with Gasteiger partial charge in [-0.25, -0.2) is 4.39 Å². The van der Waals surface area contributed by atoms with E-state index >= 15 is 0 Å². The van der Waals surface area contributed by atoms with Crippen molar-refractivity contribution in [2.75, 3.05) is 45.9 Å². The molecule has 3 rings (SSSR count). The number of amides is 1. The molecule has 0 saturated carbocycles. The normalized spacial score (nSPS) is 15.2. The number of phenolic OH excluding ortho intramolecular Hbond substituents is 1. The van der Waals surface area contributed by atoms with Gasteiger partial charge in [-0.1, -0.05) is 38.8 Å². The van der Waals surface area contributed by atoms with Crippen molar-refractivity contribution >= 4 is 12.0 Å². The van der Waals surface area contributed by atoms with Crippen molar-refractivity contribution in [3.63, 3.8) is 0 Å². The Kier molecular flexibility index (Phi) is 11.2. The van der Waals surface area contributed by atoms with Crippen LogP contribution in [0.3, 0.4) is 0 Å². The predicted octanol–water partition coefficient (Wildman–Crippen LogP) is 4.78. The van der Waals surface area contributed by atoms with Gasteiger partial charge in [0, 0.05) is 38.8 Å². The average Bonchev–Trinajstić information content (AvgIpc) is 2.90. The van der Waals surface area contributed by atoms with Crippen LogP contribution in [-0.4, -0.2) is 71.9 Å². The highest BCUT2D eigenvalue weighted by Crippen LogP contribution is 2.38. The molecular formula is C29H39FN2O5. The minimum absolute atomic E-state index is 0.0189. The second kappa shape index (κ2) is 14.6. The lowest BCUT2D eigenvalue weighted by Gasteiger charge is -2.35. The molecule has 0 aliphatic carbocycles. The van der Waals surface area contributed by atoms with E-state index in [0.717, 1.165) is 25.7 Å². The monoisotopic (exact) mass is 514 g/mol. The number of hydrogen-bond acceptors (Lipinski definition) is 6. The first-order valence-electron chi connectivity index (χ1n) is 13.2. The lowest BCUT2D eigenvalue weighted by Crippen LogP contribution is -2.49. The Labute approximate surface area is 219 Å². The van der Waals surface area contributed by atoms with Gasteiger partial charge in [-0.15, -0.1) is 0 Å². The van der Waals surface area contributed by atoms with Gasteiger partial charge < -0.3 is 24.6 Å². The molecule has 0 bridgehead atoms. The number of carbonyl (C=O) groups excluding carboxylic acids is 1. The summed E-state index contributed by atoms with van der Waals surface area (Å²) in [5, 5.41) is 21.0. The van der Waals surface area contributed by atoms with Crippen LogP contribution in [0.4, 0.5) is 4.39 Å². The lowest BCUT2D eigenvalue weighted by molar-refractivity contribution is -0.127. The molecule has 7 nitrogen and oxygen atoms in total. The third-order valence-corrected chi connectivity index (χ3v) is 6.36. The Balaban J connectivity index is 1.57. The average molecular weight is 515 g/mol. The van der Waals surface area contributed by atoms with Gasteiger partial charge in [-0.05, 0) is 54.3 Å². The van der Waals surface area contributed by atoms with E-state index in [9.17, 15) is 19.4 Å². The summed E-state index contributed by atoms with van der Waals surface area (Å²) >= 11 is 0. The second-order valence-electron chi connectivity index (χ2n) is 9.30. The number of hydrogen-bond donors (Lipinski definition) is 2. The van der Waals surface area contributed by atoms with Gasteiger partial charge in [-0.3, -0.25) is 9.69 Å². The van der Waals surface area contributed by atoms with Crippen molar-refractivity contribution in [1.29, 1.82) is 0 Å². The zero-order chi connectivity index (χ0) is 26.6. The van der Waals surface area contributed by atoms with Crippen LogP contribution in [0, 0.1) is 5.82 Å². The molecular weight excluding hydrogens is 475 g/mol. The molecule has 1 aliphatic rings. The molecule has 202 valence electrons. The summed E-state index contributed by atoms with van der Waals surface area (Å²) in [5.41, 5.74) is 1.39. The molecule has 1 saturated heterocycles. The van der Waals surface area contributed by atoms with E-state index in [2.05, 4.69) is 18.7 Å². The van der Waals surface area contributed by atoms with Crippen molar-refractivity contribution in [2.45, 2.75) is 45.6 Å². The van der Waals surface area contributed by atoms with Crippen molar-refractivity contribution in [3.05, 3.63) is 59.4 Å².